The highest BCUT2D eigenvalue weighted by Crippen LogP contribution is 2.23. The summed E-state index contributed by atoms with van der Waals surface area (Å²) in [5, 5.41) is 8.95. The van der Waals surface area contributed by atoms with Gasteiger partial charge in [0.05, 0.1) is 11.4 Å². The van der Waals surface area contributed by atoms with Crippen LogP contribution in [0.15, 0.2) is 12.1 Å². The van der Waals surface area contributed by atoms with Crippen molar-refractivity contribution in [1.82, 2.24) is 4.90 Å². The monoisotopic (exact) mass is 264 g/mol. The third-order valence-corrected chi connectivity index (χ3v) is 4.25. The van der Waals surface area contributed by atoms with Gasteiger partial charge in [-0.1, -0.05) is 11.8 Å². The standard InChI is InChI=1S/C14H20N2OS/c15-7-1-2-13-3-4-14(18-13)11-16-8-5-12(10-16)6-9-17/h3-4,12,17H,5-11,15H2. The Morgan fingerprint density at radius 2 is 2.39 bits per heavy atom. The van der Waals surface area contributed by atoms with Crippen molar-refractivity contribution in [3.05, 3.63) is 21.9 Å². The molecule has 3 N–H and O–H groups in total. The van der Waals surface area contributed by atoms with Crippen molar-refractivity contribution in [2.75, 3.05) is 26.2 Å². The molecule has 1 atom stereocenters. The Balaban J connectivity index is 1.85. The Morgan fingerprint density at radius 1 is 1.50 bits per heavy atom. The molecule has 1 saturated heterocycles. The summed E-state index contributed by atoms with van der Waals surface area (Å²) >= 11 is 1.75. The summed E-state index contributed by atoms with van der Waals surface area (Å²) < 4.78 is 0. The van der Waals surface area contributed by atoms with E-state index in [4.69, 9.17) is 10.8 Å². The molecule has 4 heteroatoms. The minimum Gasteiger partial charge on any atom is -0.396 e. The summed E-state index contributed by atoms with van der Waals surface area (Å²) in [7, 11) is 0. The van der Waals surface area contributed by atoms with Crippen LogP contribution >= 0.6 is 11.3 Å². The van der Waals surface area contributed by atoms with Gasteiger partial charge in [0.25, 0.3) is 0 Å². The van der Waals surface area contributed by atoms with Gasteiger partial charge in [-0.25, -0.2) is 0 Å². The zero-order valence-electron chi connectivity index (χ0n) is 10.6. The van der Waals surface area contributed by atoms with Crippen LogP contribution in [-0.2, 0) is 6.54 Å². The lowest BCUT2D eigenvalue weighted by Crippen LogP contribution is -2.19. The minimum atomic E-state index is 0.316. The predicted octanol–water partition coefficient (Wildman–Crippen LogP) is 1.26. The van der Waals surface area contributed by atoms with E-state index in [-0.39, 0.29) is 0 Å². The van der Waals surface area contributed by atoms with Crippen LogP contribution in [0.5, 0.6) is 0 Å². The zero-order chi connectivity index (χ0) is 12.8. The molecule has 3 nitrogen and oxygen atoms in total. The molecule has 1 fully saturated rings. The maximum Gasteiger partial charge on any atom is 0.0772 e. The lowest BCUT2D eigenvalue weighted by molar-refractivity contribution is 0.250. The first-order valence-electron chi connectivity index (χ1n) is 6.42. The van der Waals surface area contributed by atoms with E-state index in [1.807, 2.05) is 0 Å². The summed E-state index contributed by atoms with van der Waals surface area (Å²) in [6.45, 7) is 4.00. The molecule has 1 aromatic heterocycles. The highest BCUT2D eigenvalue weighted by molar-refractivity contribution is 7.12. The predicted molar refractivity (Wildman–Crippen MR) is 75.3 cm³/mol. The molecular formula is C14H20N2OS. The van der Waals surface area contributed by atoms with E-state index < -0.39 is 0 Å². The normalized spacial score (nSPS) is 19.8. The van der Waals surface area contributed by atoms with Crippen molar-refractivity contribution in [3.63, 3.8) is 0 Å². The molecule has 1 aliphatic rings. The Hall–Kier alpha value is -0.860. The molecule has 2 rings (SSSR count). The fourth-order valence-corrected chi connectivity index (χ4v) is 3.29. The van der Waals surface area contributed by atoms with Crippen LogP contribution in [-0.4, -0.2) is 36.2 Å². The second kappa shape index (κ2) is 6.91. The molecule has 98 valence electrons. The zero-order valence-corrected chi connectivity index (χ0v) is 11.4. The lowest BCUT2D eigenvalue weighted by Gasteiger charge is -2.14. The molecule has 18 heavy (non-hydrogen) atoms. The number of hydrogen-bond acceptors (Lipinski definition) is 4. The van der Waals surface area contributed by atoms with Crippen LogP contribution in [0.4, 0.5) is 0 Å². The van der Waals surface area contributed by atoms with Crippen LogP contribution in [0.3, 0.4) is 0 Å². The van der Waals surface area contributed by atoms with Gasteiger partial charge in [-0.2, -0.15) is 0 Å². The number of nitrogens with two attached hydrogens (primary N) is 1. The summed E-state index contributed by atoms with van der Waals surface area (Å²) in [4.78, 5) is 4.93. The average Bonchev–Trinajstić information content (AvgIpc) is 2.98. The smallest absolute Gasteiger partial charge is 0.0772 e. The van der Waals surface area contributed by atoms with Crippen molar-refractivity contribution < 1.29 is 5.11 Å². The first-order chi connectivity index (χ1) is 8.81. The average molecular weight is 264 g/mol. The Labute approximate surface area is 113 Å². The molecule has 2 heterocycles. The van der Waals surface area contributed by atoms with Gasteiger partial charge in [0, 0.05) is 24.6 Å². The van der Waals surface area contributed by atoms with Gasteiger partial charge in [-0.05, 0) is 37.4 Å². The van der Waals surface area contributed by atoms with Crippen molar-refractivity contribution in [2.45, 2.75) is 19.4 Å². The topological polar surface area (TPSA) is 49.5 Å². The number of thiophene rings is 1. The highest BCUT2D eigenvalue weighted by Gasteiger charge is 2.22. The third-order valence-electron chi connectivity index (χ3n) is 3.26. The number of hydrogen-bond donors (Lipinski definition) is 2. The largest absolute Gasteiger partial charge is 0.396 e. The molecular weight excluding hydrogens is 244 g/mol. The van der Waals surface area contributed by atoms with Crippen LogP contribution in [0.1, 0.15) is 22.6 Å². The van der Waals surface area contributed by atoms with Crippen LogP contribution in [0.2, 0.25) is 0 Å². The SMILES string of the molecule is NCC#Cc1ccc(CN2CCC(CCO)C2)s1. The molecule has 0 saturated carbocycles. The fourth-order valence-electron chi connectivity index (χ4n) is 2.36. The van der Waals surface area contributed by atoms with Crippen LogP contribution in [0.25, 0.3) is 0 Å². The molecule has 1 aromatic rings. The van der Waals surface area contributed by atoms with E-state index in [0.717, 1.165) is 30.9 Å². The number of nitrogens with zero attached hydrogens (tertiary/aromatic N) is 1. The summed E-state index contributed by atoms with van der Waals surface area (Å²) in [5.41, 5.74) is 5.36. The highest BCUT2D eigenvalue weighted by atomic mass is 32.1. The van der Waals surface area contributed by atoms with E-state index in [1.165, 1.54) is 11.3 Å². The van der Waals surface area contributed by atoms with Gasteiger partial charge < -0.3 is 10.8 Å². The Kier molecular flexibility index (Phi) is 5.21. The van der Waals surface area contributed by atoms with E-state index in [1.54, 1.807) is 11.3 Å². The van der Waals surface area contributed by atoms with Gasteiger partial charge in [-0.3, -0.25) is 4.90 Å². The van der Waals surface area contributed by atoms with Crippen LogP contribution in [0, 0.1) is 17.8 Å². The van der Waals surface area contributed by atoms with Gasteiger partial charge in [0.2, 0.25) is 0 Å². The summed E-state index contributed by atoms with van der Waals surface area (Å²) in [5.74, 6) is 6.63. The number of rotatable bonds is 4. The second-order valence-corrected chi connectivity index (χ2v) is 5.84. The minimum absolute atomic E-state index is 0.316. The quantitative estimate of drug-likeness (QED) is 0.805. The maximum atomic E-state index is 8.95. The van der Waals surface area contributed by atoms with Crippen molar-refractivity contribution in [3.8, 4) is 11.8 Å². The molecule has 1 aliphatic heterocycles. The van der Waals surface area contributed by atoms with E-state index in [9.17, 15) is 0 Å². The van der Waals surface area contributed by atoms with Crippen molar-refractivity contribution >= 4 is 11.3 Å². The Morgan fingerprint density at radius 3 is 3.17 bits per heavy atom. The van der Waals surface area contributed by atoms with E-state index in [0.29, 0.717) is 19.1 Å². The van der Waals surface area contributed by atoms with Crippen LogP contribution < -0.4 is 5.73 Å². The second-order valence-electron chi connectivity index (χ2n) is 4.67. The lowest BCUT2D eigenvalue weighted by atomic mass is 10.1. The summed E-state index contributed by atoms with van der Waals surface area (Å²) in [6.07, 6.45) is 2.15. The first-order valence-corrected chi connectivity index (χ1v) is 7.24. The number of aliphatic hydroxyl groups excluding tert-OH is 1. The molecule has 0 radical (unpaired) electrons. The molecule has 1 unspecified atom stereocenters. The molecule has 0 aromatic carbocycles. The van der Waals surface area contributed by atoms with Crippen molar-refractivity contribution in [2.24, 2.45) is 11.7 Å². The Bertz CT molecular complexity index is 432. The molecule has 0 bridgehead atoms. The maximum absolute atomic E-state index is 8.95. The van der Waals surface area contributed by atoms with Crippen molar-refractivity contribution in [1.29, 1.82) is 0 Å². The van der Waals surface area contributed by atoms with E-state index in [2.05, 4.69) is 28.9 Å². The fraction of sp³-hybridized carbons (Fsp3) is 0.571. The van der Waals surface area contributed by atoms with Gasteiger partial charge in [-0.15, -0.1) is 11.3 Å². The molecule has 0 aliphatic carbocycles. The third kappa shape index (κ3) is 3.82. The number of likely N-dealkylation sites (tertiary alicyclic amines) is 1. The van der Waals surface area contributed by atoms with E-state index >= 15 is 0 Å². The molecule has 0 amide bonds. The molecule has 0 spiro atoms. The van der Waals surface area contributed by atoms with Gasteiger partial charge in [0.15, 0.2) is 0 Å². The summed E-state index contributed by atoms with van der Waals surface area (Å²) in [6, 6.07) is 4.23. The first kappa shape index (κ1) is 13.6. The number of aliphatic hydroxyl groups is 1. The van der Waals surface area contributed by atoms with Gasteiger partial charge in [0.1, 0.15) is 0 Å². The van der Waals surface area contributed by atoms with Gasteiger partial charge >= 0.3 is 0 Å².